The van der Waals surface area contributed by atoms with Gasteiger partial charge in [-0.1, -0.05) is 24.9 Å². The second-order valence-electron chi connectivity index (χ2n) is 10.7. The Morgan fingerprint density at radius 3 is 2.53 bits per heavy atom. The third-order valence-electron chi connectivity index (χ3n) is 7.65. The highest BCUT2D eigenvalue weighted by Gasteiger charge is 2.52. The summed E-state index contributed by atoms with van der Waals surface area (Å²) >= 11 is 6.68. The summed E-state index contributed by atoms with van der Waals surface area (Å²) in [4.78, 5) is 14.1. The van der Waals surface area contributed by atoms with E-state index < -0.39 is 6.10 Å². The molecule has 38 heavy (non-hydrogen) atoms. The van der Waals surface area contributed by atoms with Gasteiger partial charge < -0.3 is 19.6 Å². The van der Waals surface area contributed by atoms with E-state index in [0.717, 1.165) is 66.6 Å². The molecule has 2 fully saturated rings. The summed E-state index contributed by atoms with van der Waals surface area (Å²) in [5, 5.41) is 24.5. The molecule has 1 N–H and O–H groups in total. The fourth-order valence-corrected chi connectivity index (χ4v) is 5.78. The second kappa shape index (κ2) is 10.1. The molecule has 1 atom stereocenters. The van der Waals surface area contributed by atoms with Gasteiger partial charge in [-0.3, -0.25) is 4.68 Å². The van der Waals surface area contributed by atoms with Gasteiger partial charge in [-0.2, -0.15) is 10.4 Å². The van der Waals surface area contributed by atoms with Gasteiger partial charge >= 0.3 is 0 Å². The van der Waals surface area contributed by atoms with E-state index in [0.29, 0.717) is 28.6 Å². The van der Waals surface area contributed by atoms with E-state index in [4.69, 9.17) is 26.3 Å². The van der Waals surface area contributed by atoms with Gasteiger partial charge in [0.1, 0.15) is 18.2 Å². The molecule has 9 nitrogen and oxygen atoms in total. The molecule has 1 spiro atoms. The standard InChI is InChI=1S/C28H34ClN7O2/c1-6-7-20(37)11-38-21-8-9-23(29)22(10-21)26-31-24(25-17(2)19(4)33-34(25)5)18(3)27(32-26)36-14-28(15-36)12-35(13-28)16-30/h8-10,20,37H,6-7,11-15H2,1-5H3/t20-/m1/s1. The minimum absolute atomic E-state index is 0.150. The third kappa shape index (κ3) is 4.67. The van der Waals surface area contributed by atoms with Gasteiger partial charge in [0.05, 0.1) is 28.2 Å². The van der Waals surface area contributed by atoms with Crippen molar-refractivity contribution in [1.29, 1.82) is 5.26 Å². The minimum Gasteiger partial charge on any atom is -0.491 e. The lowest BCUT2D eigenvalue weighted by Gasteiger charge is -2.59. The zero-order valence-corrected chi connectivity index (χ0v) is 23.4. The maximum atomic E-state index is 10.1. The summed E-state index contributed by atoms with van der Waals surface area (Å²) in [5.41, 5.74) is 5.60. The van der Waals surface area contributed by atoms with Crippen LogP contribution in [-0.2, 0) is 7.05 Å². The Hall–Kier alpha value is -3.35. The number of aliphatic hydroxyl groups is 1. The van der Waals surface area contributed by atoms with Gasteiger partial charge in [0.25, 0.3) is 0 Å². The zero-order valence-electron chi connectivity index (χ0n) is 22.6. The fourth-order valence-electron chi connectivity index (χ4n) is 5.58. The van der Waals surface area contributed by atoms with Crippen LogP contribution in [0, 0.1) is 37.6 Å². The largest absolute Gasteiger partial charge is 0.491 e. The van der Waals surface area contributed by atoms with Gasteiger partial charge in [-0.05, 0) is 51.0 Å². The fraction of sp³-hybridized carbons (Fsp3) is 0.500. The quantitative estimate of drug-likeness (QED) is 0.427. The first kappa shape index (κ1) is 26.3. The number of aryl methyl sites for hydroxylation is 2. The summed E-state index contributed by atoms with van der Waals surface area (Å²) < 4.78 is 7.75. The van der Waals surface area contributed by atoms with Gasteiger partial charge in [-0.15, -0.1) is 0 Å². The summed E-state index contributed by atoms with van der Waals surface area (Å²) in [6, 6.07) is 5.42. The second-order valence-corrected chi connectivity index (χ2v) is 11.1. The van der Waals surface area contributed by atoms with E-state index in [1.807, 2.05) is 31.6 Å². The van der Waals surface area contributed by atoms with Crippen LogP contribution in [0.4, 0.5) is 5.82 Å². The smallest absolute Gasteiger partial charge is 0.179 e. The lowest BCUT2D eigenvalue weighted by Crippen LogP contribution is -2.71. The number of nitrogens with zero attached hydrogens (tertiary/aromatic N) is 7. The molecule has 0 saturated carbocycles. The number of nitriles is 1. The first-order chi connectivity index (χ1) is 18.1. The maximum Gasteiger partial charge on any atom is 0.179 e. The molecule has 1 aromatic carbocycles. The number of anilines is 1. The molecule has 2 aliphatic heterocycles. The van der Waals surface area contributed by atoms with Crippen molar-refractivity contribution in [3.8, 4) is 34.7 Å². The molecule has 4 heterocycles. The first-order valence-electron chi connectivity index (χ1n) is 13.0. The number of ether oxygens (including phenoxy) is 1. The molecule has 0 aliphatic carbocycles. The van der Waals surface area contributed by atoms with Crippen molar-refractivity contribution in [2.45, 2.75) is 46.6 Å². The maximum absolute atomic E-state index is 10.1. The number of likely N-dealkylation sites (tertiary alicyclic amines) is 1. The van der Waals surface area contributed by atoms with Gasteiger partial charge in [0, 0.05) is 49.8 Å². The SMILES string of the molecule is CCC[C@@H](O)COc1ccc(Cl)c(-c2nc(-c3c(C)c(C)nn3C)c(C)c(N3CC4(CN(C#N)C4)C3)n2)c1. The highest BCUT2D eigenvalue weighted by molar-refractivity contribution is 6.33. The molecule has 5 rings (SSSR count). The van der Waals surface area contributed by atoms with Crippen LogP contribution < -0.4 is 9.64 Å². The zero-order chi connectivity index (χ0) is 27.2. The minimum atomic E-state index is -0.522. The molecule has 0 unspecified atom stereocenters. The normalized spacial score (nSPS) is 16.7. The highest BCUT2D eigenvalue weighted by atomic mass is 35.5. The molecule has 2 saturated heterocycles. The Bertz CT molecular complexity index is 1400. The summed E-state index contributed by atoms with van der Waals surface area (Å²) in [6.07, 6.45) is 3.29. The van der Waals surface area contributed by atoms with Crippen molar-refractivity contribution in [3.63, 3.8) is 0 Å². The van der Waals surface area contributed by atoms with Gasteiger partial charge in [0.2, 0.25) is 0 Å². The molecule has 0 radical (unpaired) electrons. The highest BCUT2D eigenvalue weighted by Crippen LogP contribution is 2.44. The average molecular weight is 536 g/mol. The van der Waals surface area contributed by atoms with Crippen molar-refractivity contribution in [3.05, 3.63) is 40.0 Å². The molecule has 3 aromatic rings. The van der Waals surface area contributed by atoms with Crippen molar-refractivity contribution in [1.82, 2.24) is 24.6 Å². The topological polar surface area (TPSA) is 103 Å². The molecule has 0 amide bonds. The van der Waals surface area contributed by atoms with Crippen LogP contribution in [-0.4, -0.2) is 68.6 Å². The van der Waals surface area contributed by atoms with Gasteiger partial charge in [0.15, 0.2) is 12.0 Å². The number of hydrogen-bond donors (Lipinski definition) is 1. The number of halogens is 1. The summed E-state index contributed by atoms with van der Waals surface area (Å²) in [6.45, 7) is 11.6. The summed E-state index contributed by atoms with van der Waals surface area (Å²) in [7, 11) is 1.93. The van der Waals surface area contributed by atoms with E-state index in [-0.39, 0.29) is 12.0 Å². The molecule has 2 aromatic heterocycles. The number of hydrogen-bond acceptors (Lipinski definition) is 8. The van der Waals surface area contributed by atoms with Crippen LogP contribution in [0.25, 0.3) is 22.8 Å². The van der Waals surface area contributed by atoms with E-state index in [2.05, 4.69) is 30.0 Å². The molecule has 200 valence electrons. The van der Waals surface area contributed by atoms with E-state index >= 15 is 0 Å². The number of aromatic nitrogens is 4. The van der Waals surface area contributed by atoms with Crippen molar-refractivity contribution in [2.24, 2.45) is 12.5 Å². The Morgan fingerprint density at radius 1 is 1.16 bits per heavy atom. The number of aliphatic hydroxyl groups excluding tert-OH is 1. The molecule has 0 bridgehead atoms. The Morgan fingerprint density at radius 2 is 1.89 bits per heavy atom. The summed E-state index contributed by atoms with van der Waals surface area (Å²) in [5.74, 6) is 1.98. The third-order valence-corrected chi connectivity index (χ3v) is 7.98. The molecule has 2 aliphatic rings. The van der Waals surface area contributed by atoms with Crippen molar-refractivity contribution < 1.29 is 9.84 Å². The Kier molecular flexibility index (Phi) is 6.97. The monoisotopic (exact) mass is 535 g/mol. The predicted octanol–water partition coefficient (Wildman–Crippen LogP) is 4.27. The average Bonchev–Trinajstić information content (AvgIpc) is 3.09. The van der Waals surface area contributed by atoms with E-state index in [1.165, 1.54) is 0 Å². The van der Waals surface area contributed by atoms with Crippen LogP contribution >= 0.6 is 11.6 Å². The van der Waals surface area contributed by atoms with Crippen molar-refractivity contribution in [2.75, 3.05) is 37.7 Å². The van der Waals surface area contributed by atoms with Crippen LogP contribution in [0.3, 0.4) is 0 Å². The molecular formula is C28H34ClN7O2. The van der Waals surface area contributed by atoms with E-state index in [1.54, 1.807) is 17.0 Å². The van der Waals surface area contributed by atoms with E-state index in [9.17, 15) is 10.4 Å². The molecular weight excluding hydrogens is 502 g/mol. The molecule has 10 heteroatoms. The van der Waals surface area contributed by atoms with Crippen LogP contribution in [0.5, 0.6) is 5.75 Å². The first-order valence-corrected chi connectivity index (χ1v) is 13.4. The number of rotatable bonds is 8. The Labute approximate surface area is 228 Å². The van der Waals surface area contributed by atoms with Crippen LogP contribution in [0.1, 0.15) is 36.6 Å². The lowest BCUT2D eigenvalue weighted by atomic mass is 9.73. The van der Waals surface area contributed by atoms with Crippen molar-refractivity contribution >= 4 is 17.4 Å². The van der Waals surface area contributed by atoms with Gasteiger partial charge in [-0.25, -0.2) is 9.97 Å². The predicted molar refractivity (Wildman–Crippen MR) is 147 cm³/mol. The lowest BCUT2D eigenvalue weighted by molar-refractivity contribution is 0.0190. The van der Waals surface area contributed by atoms with Crippen LogP contribution in [0.2, 0.25) is 5.02 Å². The van der Waals surface area contributed by atoms with Crippen LogP contribution in [0.15, 0.2) is 18.2 Å². The number of benzene rings is 1. The Balaban J connectivity index is 1.55.